The van der Waals surface area contributed by atoms with Gasteiger partial charge in [-0.25, -0.2) is 12.8 Å². The van der Waals surface area contributed by atoms with E-state index < -0.39 is 26.8 Å². The zero-order valence-electron chi connectivity index (χ0n) is 39.9. The maximum atomic E-state index is 15.6. The molecule has 0 spiro atoms. The maximum absolute atomic E-state index is 15.6. The normalized spacial score (nSPS) is 18.3. The van der Waals surface area contributed by atoms with Crippen LogP contribution in [0.4, 0.5) is 10.1 Å². The summed E-state index contributed by atoms with van der Waals surface area (Å²) in [6, 6.07) is 10.5. The molecule has 0 saturated carbocycles. The zero-order chi connectivity index (χ0) is 45.2. The van der Waals surface area contributed by atoms with Gasteiger partial charge in [-0.2, -0.15) is 0 Å². The summed E-state index contributed by atoms with van der Waals surface area (Å²) < 4.78 is 63.1. The first-order valence-corrected chi connectivity index (χ1v) is 28.6. The minimum Gasteiger partial charge on any atom is -0.612 e. The second kappa shape index (κ2) is 26.8. The van der Waals surface area contributed by atoms with Gasteiger partial charge in [0.15, 0.2) is 16.5 Å². The smallest absolute Gasteiger partial charge is 0.210 e. The Balaban J connectivity index is 0.968. The molecule has 0 radical (unpaired) electrons. The molecule has 3 fully saturated rings. The van der Waals surface area contributed by atoms with Crippen molar-refractivity contribution < 1.29 is 22.1 Å². The fraction of sp³-hybridized carbons (Fsp3) is 0.712. The number of nitrogens with zero attached hydrogens (tertiary/aromatic N) is 5. The Labute approximate surface area is 390 Å². The highest BCUT2D eigenvalue weighted by atomic mass is 32.2. The van der Waals surface area contributed by atoms with Gasteiger partial charge in [0.1, 0.15) is 11.2 Å². The van der Waals surface area contributed by atoms with Crippen molar-refractivity contribution in [2.75, 3.05) is 76.7 Å². The number of rotatable bonds is 27. The van der Waals surface area contributed by atoms with Crippen LogP contribution < -0.4 is 9.64 Å². The molecule has 1 aromatic heterocycles. The summed E-state index contributed by atoms with van der Waals surface area (Å²) >= 11 is -1.27. The van der Waals surface area contributed by atoms with E-state index >= 15 is 4.39 Å². The molecule has 0 N–H and O–H groups in total. The summed E-state index contributed by atoms with van der Waals surface area (Å²) in [5.41, 5.74) is 1.20. The van der Waals surface area contributed by atoms with E-state index in [4.69, 9.17) is 4.74 Å². The second-order valence-corrected chi connectivity index (χ2v) is 22.3. The molecule has 6 rings (SSSR count). The Hall–Kier alpha value is -2.48. The lowest BCUT2D eigenvalue weighted by molar-refractivity contribution is 0.0384. The lowest BCUT2D eigenvalue weighted by atomic mass is 9.99. The van der Waals surface area contributed by atoms with E-state index in [0.29, 0.717) is 53.3 Å². The molecule has 9 nitrogen and oxygen atoms in total. The molecule has 2 aromatic carbocycles. The molecule has 0 amide bonds. The van der Waals surface area contributed by atoms with Crippen LogP contribution in [0.2, 0.25) is 0 Å². The molecule has 3 aromatic rings. The van der Waals surface area contributed by atoms with E-state index in [1.54, 1.807) is 12.3 Å². The summed E-state index contributed by atoms with van der Waals surface area (Å²) in [5.74, 6) is -0.614. The molecular formula is C52H82FN5O4S2. The van der Waals surface area contributed by atoms with Crippen molar-refractivity contribution in [3.8, 4) is 5.75 Å². The van der Waals surface area contributed by atoms with Crippen molar-refractivity contribution >= 4 is 37.6 Å². The molecule has 1 unspecified atom stereocenters. The van der Waals surface area contributed by atoms with E-state index in [-0.39, 0.29) is 15.5 Å². The van der Waals surface area contributed by atoms with Gasteiger partial charge >= 0.3 is 0 Å². The Bertz CT molecular complexity index is 1930. The minimum absolute atomic E-state index is 0.0482. The van der Waals surface area contributed by atoms with Crippen LogP contribution >= 0.6 is 0 Å². The monoisotopic (exact) mass is 924 g/mol. The summed E-state index contributed by atoms with van der Waals surface area (Å²) in [4.78, 5) is 15.2. The molecule has 0 aliphatic carbocycles. The van der Waals surface area contributed by atoms with Gasteiger partial charge in [-0.1, -0.05) is 123 Å². The number of hydrogen-bond donors (Lipinski definition) is 0. The number of benzene rings is 2. The Kier molecular flexibility index (Phi) is 21.3. The molecule has 0 bridgehead atoms. The SMILES string of the molecule is CCCCCCCCCCCCCCCCCCCCOc1ccc(S(=O)(=O)c2cnc3ccc([S+](C)[O-])cc3c2N2CCC(N3CCN(C4CCN(CC)CC4)CC3)CC2)cc1F. The highest BCUT2D eigenvalue weighted by Crippen LogP contribution is 2.39. The number of fused-ring (bicyclic) bond motifs is 1. The second-order valence-electron chi connectivity index (χ2n) is 19.0. The van der Waals surface area contributed by atoms with Gasteiger partial charge in [0.05, 0.1) is 22.7 Å². The van der Waals surface area contributed by atoms with Crippen molar-refractivity contribution in [2.24, 2.45) is 0 Å². The van der Waals surface area contributed by atoms with Crippen molar-refractivity contribution in [2.45, 2.75) is 182 Å². The number of ether oxygens (including phenoxy) is 1. The predicted octanol–water partition coefficient (Wildman–Crippen LogP) is 11.4. The first kappa shape index (κ1) is 50.9. The highest BCUT2D eigenvalue weighted by Gasteiger charge is 2.34. The Morgan fingerprint density at radius 2 is 1.20 bits per heavy atom. The van der Waals surface area contributed by atoms with Gasteiger partial charge < -0.3 is 19.1 Å². The van der Waals surface area contributed by atoms with Crippen molar-refractivity contribution in [1.29, 1.82) is 0 Å². The lowest BCUT2D eigenvalue weighted by Crippen LogP contribution is -2.56. The van der Waals surface area contributed by atoms with Crippen LogP contribution in [0, 0.1) is 5.82 Å². The van der Waals surface area contributed by atoms with Gasteiger partial charge in [0.2, 0.25) is 9.84 Å². The number of aromatic nitrogens is 1. The van der Waals surface area contributed by atoms with Crippen LogP contribution in [0.15, 0.2) is 57.3 Å². The number of piperidine rings is 2. The molecule has 3 aliphatic rings. The minimum atomic E-state index is -4.19. The number of hydrogen-bond acceptors (Lipinski definition) is 9. The van der Waals surface area contributed by atoms with Crippen molar-refractivity contribution in [3.63, 3.8) is 0 Å². The standard InChI is InChI=1S/C52H82FN5O4S2/c1-4-6-7-8-9-10-11-12-13-14-15-16-17-18-19-20-21-22-39-62-50-26-24-46(41-48(50)53)64(60,61)51-42-54-49-25-23-45(63(3)59)40-47(49)52(51)58-33-29-44(30-34-58)57-37-35-56(36-38-57)43-27-31-55(5-2)32-28-43/h23-26,40-44H,4-22,27-39H2,1-3H3. The molecule has 4 heterocycles. The third-order valence-corrected chi connectivity index (χ3v) is 17.2. The van der Waals surface area contributed by atoms with Gasteiger partial charge in [0, 0.05) is 69.0 Å². The van der Waals surface area contributed by atoms with Gasteiger partial charge in [-0.15, -0.1) is 0 Å². The quantitative estimate of drug-likeness (QED) is 0.0547. The average molecular weight is 924 g/mol. The van der Waals surface area contributed by atoms with E-state index in [0.717, 1.165) is 70.9 Å². The van der Waals surface area contributed by atoms with E-state index in [1.807, 2.05) is 12.1 Å². The molecule has 12 heteroatoms. The van der Waals surface area contributed by atoms with Gasteiger partial charge in [-0.05, 0) is 93.2 Å². The van der Waals surface area contributed by atoms with E-state index in [9.17, 15) is 13.0 Å². The molecule has 358 valence electrons. The maximum Gasteiger partial charge on any atom is 0.210 e. The average Bonchev–Trinajstić information content (AvgIpc) is 3.32. The molecule has 1 atom stereocenters. The molecule has 64 heavy (non-hydrogen) atoms. The van der Waals surface area contributed by atoms with Gasteiger partial charge in [-0.3, -0.25) is 14.8 Å². The Morgan fingerprint density at radius 3 is 1.70 bits per heavy atom. The van der Waals surface area contributed by atoms with Crippen LogP contribution in [0.3, 0.4) is 0 Å². The van der Waals surface area contributed by atoms with Crippen molar-refractivity contribution in [1.82, 2.24) is 19.7 Å². The zero-order valence-corrected chi connectivity index (χ0v) is 41.5. The number of unbranched alkanes of at least 4 members (excludes halogenated alkanes) is 17. The number of halogens is 1. The summed E-state index contributed by atoms with van der Waals surface area (Å²) in [6.45, 7) is 14.2. The van der Waals surface area contributed by atoms with E-state index in [1.165, 1.54) is 141 Å². The topological polar surface area (TPSA) is 92.3 Å². The number of anilines is 1. The van der Waals surface area contributed by atoms with Crippen LogP contribution in [0.5, 0.6) is 5.75 Å². The summed E-state index contributed by atoms with van der Waals surface area (Å²) in [6.07, 6.45) is 30.8. The first-order valence-electron chi connectivity index (χ1n) is 25.6. The van der Waals surface area contributed by atoms with Crippen LogP contribution in [-0.2, 0) is 21.0 Å². The third kappa shape index (κ3) is 14.8. The number of likely N-dealkylation sites (tertiary alicyclic amines) is 1. The van der Waals surface area contributed by atoms with Crippen molar-refractivity contribution in [3.05, 3.63) is 48.4 Å². The van der Waals surface area contributed by atoms with Crippen LogP contribution in [0.1, 0.15) is 155 Å². The number of piperazine rings is 1. The Morgan fingerprint density at radius 1 is 0.688 bits per heavy atom. The summed E-state index contributed by atoms with van der Waals surface area (Å²) in [5, 5.41) is 0.653. The van der Waals surface area contributed by atoms with Gasteiger partial charge in [0.25, 0.3) is 0 Å². The predicted molar refractivity (Wildman–Crippen MR) is 264 cm³/mol. The fourth-order valence-corrected chi connectivity index (χ4v) is 12.4. The highest BCUT2D eigenvalue weighted by molar-refractivity contribution is 7.91. The van der Waals surface area contributed by atoms with Crippen LogP contribution in [0.25, 0.3) is 10.9 Å². The largest absolute Gasteiger partial charge is 0.612 e. The first-order chi connectivity index (χ1) is 31.2. The van der Waals surface area contributed by atoms with Crippen LogP contribution in [-0.4, -0.2) is 117 Å². The number of pyridine rings is 1. The van der Waals surface area contributed by atoms with E-state index in [2.05, 4.69) is 38.4 Å². The lowest BCUT2D eigenvalue weighted by Gasteiger charge is -2.46. The molecule has 3 aliphatic heterocycles. The molecule has 3 saturated heterocycles. The third-order valence-electron chi connectivity index (χ3n) is 14.5. The summed E-state index contributed by atoms with van der Waals surface area (Å²) in [7, 11) is -4.19. The molecular weight excluding hydrogens is 842 g/mol. The fourth-order valence-electron chi connectivity index (χ4n) is 10.4. The number of sulfone groups is 1.